The molecule has 0 bridgehead atoms. The van der Waals surface area contributed by atoms with Crippen molar-refractivity contribution in [3.63, 3.8) is 0 Å². The zero-order valence-corrected chi connectivity index (χ0v) is 19.1. The number of hydrogen-bond donors (Lipinski definition) is 1. The maximum atomic E-state index is 13.6. The van der Waals surface area contributed by atoms with Crippen molar-refractivity contribution in [3.05, 3.63) is 101 Å². The molecule has 170 valence electrons. The first-order chi connectivity index (χ1) is 17.0. The normalized spacial score (nSPS) is 11.9. The summed E-state index contributed by atoms with van der Waals surface area (Å²) in [4.78, 5) is 25.3. The van der Waals surface area contributed by atoms with Gasteiger partial charge in [0, 0.05) is 28.4 Å². The second-order valence-electron chi connectivity index (χ2n) is 8.58. The molecular weight excluding hydrogens is 440 g/mol. The molecule has 0 unspecified atom stereocenters. The number of carbonyl (C=O) groups is 2. The van der Waals surface area contributed by atoms with Gasteiger partial charge in [-0.25, -0.2) is 0 Å². The fourth-order valence-electron chi connectivity index (χ4n) is 4.38. The van der Waals surface area contributed by atoms with Crippen molar-refractivity contribution in [3.8, 4) is 22.8 Å². The Balaban J connectivity index is 1.54. The van der Waals surface area contributed by atoms with E-state index in [1.165, 1.54) is 6.92 Å². The molecule has 0 fully saturated rings. The first-order valence-electron chi connectivity index (χ1n) is 11.2. The van der Waals surface area contributed by atoms with Crippen LogP contribution in [-0.4, -0.2) is 16.7 Å². The molecule has 35 heavy (non-hydrogen) atoms. The minimum Gasteiger partial charge on any atom is -0.455 e. The number of ether oxygens (including phenoxy) is 1. The number of carbonyl (C=O) groups excluding carboxylic acids is 2. The van der Waals surface area contributed by atoms with Crippen LogP contribution in [0.4, 0.5) is 11.4 Å². The van der Waals surface area contributed by atoms with Gasteiger partial charge >= 0.3 is 0 Å². The van der Waals surface area contributed by atoms with Crippen LogP contribution in [0.25, 0.3) is 22.2 Å². The highest BCUT2D eigenvalue weighted by molar-refractivity contribution is 6.28. The molecule has 0 aliphatic heterocycles. The van der Waals surface area contributed by atoms with E-state index < -0.39 is 0 Å². The number of anilines is 2. The van der Waals surface area contributed by atoms with Gasteiger partial charge in [0.05, 0.1) is 16.6 Å². The Bertz CT molecular complexity index is 1630. The lowest BCUT2D eigenvalue weighted by Crippen LogP contribution is -2.11. The van der Waals surface area contributed by atoms with E-state index in [1.807, 2.05) is 49.4 Å². The Morgan fingerprint density at radius 2 is 1.66 bits per heavy atom. The first kappa shape index (κ1) is 20.9. The Morgan fingerprint density at radius 1 is 0.943 bits per heavy atom. The van der Waals surface area contributed by atoms with Crippen molar-refractivity contribution in [2.45, 2.75) is 13.8 Å². The van der Waals surface area contributed by atoms with Gasteiger partial charge in [-0.2, -0.15) is 0 Å². The third-order valence-electron chi connectivity index (χ3n) is 6.18. The van der Waals surface area contributed by atoms with E-state index in [4.69, 9.17) is 9.26 Å². The van der Waals surface area contributed by atoms with Crippen LogP contribution in [0.3, 0.4) is 0 Å². The maximum absolute atomic E-state index is 13.6. The number of Topliss-reactive ketones (excluding diaryl/α,β-unsaturated/α-hetero) is 1. The zero-order chi connectivity index (χ0) is 24.1. The number of aromatic nitrogens is 1. The lowest BCUT2D eigenvalue weighted by molar-refractivity contribution is 0.101. The summed E-state index contributed by atoms with van der Waals surface area (Å²) in [5.74, 6) is 1.39. The summed E-state index contributed by atoms with van der Waals surface area (Å²) in [7, 11) is 0. The highest BCUT2D eigenvalue weighted by Gasteiger charge is 2.33. The number of aryl methyl sites for hydroxylation is 1. The summed E-state index contributed by atoms with van der Waals surface area (Å²) in [5, 5.41) is 8.29. The quantitative estimate of drug-likeness (QED) is 0.277. The lowest BCUT2D eigenvalue weighted by Gasteiger charge is -2.19. The van der Waals surface area contributed by atoms with E-state index in [2.05, 4.69) is 10.5 Å². The molecule has 0 saturated heterocycles. The standard InChI is InChI=1S/C29H20N2O4/c1-16-7-11-19(12-8-16)30-23-15-24(34-20-13-9-18(10-14-20)17(2)32)27-26-25(23)28(33)21-5-3-4-6-22(21)29(26)35-31-27/h3-15,30H,1-2H3. The monoisotopic (exact) mass is 460 g/mol. The molecule has 0 saturated carbocycles. The molecule has 0 spiro atoms. The number of rotatable bonds is 5. The predicted molar refractivity (Wildman–Crippen MR) is 134 cm³/mol. The van der Waals surface area contributed by atoms with Gasteiger partial charge in [0.2, 0.25) is 0 Å². The van der Waals surface area contributed by atoms with Crippen molar-refractivity contribution in [2.75, 3.05) is 5.32 Å². The second kappa shape index (κ2) is 7.95. The van der Waals surface area contributed by atoms with E-state index in [-0.39, 0.29) is 11.6 Å². The highest BCUT2D eigenvalue weighted by atomic mass is 16.5. The smallest absolute Gasteiger partial charge is 0.196 e. The molecule has 6 heteroatoms. The van der Waals surface area contributed by atoms with Gasteiger partial charge in [-0.05, 0) is 50.2 Å². The first-order valence-corrected chi connectivity index (χ1v) is 11.2. The molecule has 1 aliphatic carbocycles. The van der Waals surface area contributed by atoms with Crippen LogP contribution in [0, 0.1) is 6.92 Å². The van der Waals surface area contributed by atoms with E-state index in [0.717, 1.165) is 11.3 Å². The lowest BCUT2D eigenvalue weighted by atomic mass is 9.86. The topological polar surface area (TPSA) is 81.4 Å². The Labute approximate surface area is 201 Å². The average Bonchev–Trinajstić information content (AvgIpc) is 3.31. The van der Waals surface area contributed by atoms with Crippen LogP contribution >= 0.6 is 0 Å². The molecule has 1 N–H and O–H groups in total. The molecule has 0 amide bonds. The Morgan fingerprint density at radius 3 is 2.37 bits per heavy atom. The number of ketones is 2. The predicted octanol–water partition coefficient (Wildman–Crippen LogP) is 7.09. The van der Waals surface area contributed by atoms with E-state index in [0.29, 0.717) is 56.1 Å². The van der Waals surface area contributed by atoms with Gasteiger partial charge in [-0.15, -0.1) is 0 Å². The van der Waals surface area contributed by atoms with Crippen molar-refractivity contribution in [2.24, 2.45) is 0 Å². The SMILES string of the molecule is CC(=O)c1ccc(Oc2cc(Nc3ccc(C)cc3)c3c4c(onc24)-c2ccccc2C3=O)cc1. The average molecular weight is 460 g/mol. The van der Waals surface area contributed by atoms with Gasteiger partial charge in [-0.3, -0.25) is 9.59 Å². The highest BCUT2D eigenvalue weighted by Crippen LogP contribution is 2.47. The van der Waals surface area contributed by atoms with Gasteiger partial charge in [0.15, 0.2) is 28.6 Å². The second-order valence-corrected chi connectivity index (χ2v) is 8.58. The molecule has 6 rings (SSSR count). The summed E-state index contributed by atoms with van der Waals surface area (Å²) >= 11 is 0. The molecule has 5 aromatic rings. The number of nitrogens with zero attached hydrogens (tertiary/aromatic N) is 1. The minimum absolute atomic E-state index is 0.0201. The van der Waals surface area contributed by atoms with Gasteiger partial charge in [-0.1, -0.05) is 47.1 Å². The Hall–Kier alpha value is -4.71. The van der Waals surface area contributed by atoms with Gasteiger partial charge in [0.25, 0.3) is 0 Å². The van der Waals surface area contributed by atoms with Crippen molar-refractivity contribution >= 4 is 33.8 Å². The largest absolute Gasteiger partial charge is 0.455 e. The zero-order valence-electron chi connectivity index (χ0n) is 19.1. The fourth-order valence-corrected chi connectivity index (χ4v) is 4.38. The van der Waals surface area contributed by atoms with Gasteiger partial charge in [0.1, 0.15) is 5.75 Å². The van der Waals surface area contributed by atoms with Gasteiger partial charge < -0.3 is 14.6 Å². The molecule has 4 aromatic carbocycles. The Kier molecular flexibility index (Phi) is 4.74. The number of fused-ring (bicyclic) bond motifs is 2. The fraction of sp³-hybridized carbons (Fsp3) is 0.0690. The molecule has 0 radical (unpaired) electrons. The van der Waals surface area contributed by atoms with E-state index in [9.17, 15) is 9.59 Å². The van der Waals surface area contributed by atoms with Crippen molar-refractivity contribution in [1.82, 2.24) is 5.16 Å². The van der Waals surface area contributed by atoms with Crippen molar-refractivity contribution in [1.29, 1.82) is 0 Å². The molecule has 1 heterocycles. The van der Waals surface area contributed by atoms with Crippen molar-refractivity contribution < 1.29 is 18.8 Å². The molecule has 0 atom stereocenters. The van der Waals surface area contributed by atoms with Crippen LogP contribution < -0.4 is 10.1 Å². The molecular formula is C29H20N2O4. The summed E-state index contributed by atoms with van der Waals surface area (Å²) in [5.41, 5.74) is 5.40. The summed E-state index contributed by atoms with van der Waals surface area (Å²) in [6.07, 6.45) is 0. The molecule has 6 nitrogen and oxygen atoms in total. The summed E-state index contributed by atoms with van der Waals surface area (Å²) in [6, 6.07) is 24.0. The summed E-state index contributed by atoms with van der Waals surface area (Å²) in [6.45, 7) is 3.54. The summed E-state index contributed by atoms with van der Waals surface area (Å²) < 4.78 is 12.0. The van der Waals surface area contributed by atoms with Crippen LogP contribution in [-0.2, 0) is 0 Å². The van der Waals surface area contributed by atoms with Crippen LogP contribution in [0.15, 0.2) is 83.4 Å². The molecule has 1 aromatic heterocycles. The number of benzene rings is 4. The number of hydrogen-bond acceptors (Lipinski definition) is 6. The van der Waals surface area contributed by atoms with E-state index in [1.54, 1.807) is 36.4 Å². The number of nitrogens with one attached hydrogen (secondary N) is 1. The van der Waals surface area contributed by atoms with Crippen LogP contribution in [0.5, 0.6) is 11.5 Å². The third-order valence-corrected chi connectivity index (χ3v) is 6.18. The molecule has 1 aliphatic rings. The van der Waals surface area contributed by atoms with Crippen LogP contribution in [0.2, 0.25) is 0 Å². The minimum atomic E-state index is -0.103. The van der Waals surface area contributed by atoms with Crippen LogP contribution in [0.1, 0.15) is 38.8 Å². The van der Waals surface area contributed by atoms with E-state index >= 15 is 0 Å². The maximum Gasteiger partial charge on any atom is 0.196 e. The third kappa shape index (κ3) is 3.47.